The second-order valence-electron chi connectivity index (χ2n) is 13.5. The van der Waals surface area contributed by atoms with E-state index in [9.17, 15) is 19.5 Å². The van der Waals surface area contributed by atoms with Crippen LogP contribution in [-0.2, 0) is 40.7 Å². The van der Waals surface area contributed by atoms with Crippen molar-refractivity contribution >= 4 is 29.4 Å². The maximum Gasteiger partial charge on any atom is 0.310 e. The predicted molar refractivity (Wildman–Crippen MR) is 153 cm³/mol. The number of benzene rings is 1. The highest BCUT2D eigenvalue weighted by Crippen LogP contribution is 2.54. The summed E-state index contributed by atoms with van der Waals surface area (Å²) < 4.78 is 8.46. The fourth-order valence-electron chi connectivity index (χ4n) is 7.98. The molecule has 1 aromatic carbocycles. The fourth-order valence-corrected chi connectivity index (χ4v) is 8.24. The van der Waals surface area contributed by atoms with E-state index in [1.807, 2.05) is 29.0 Å². The Morgan fingerprint density at radius 3 is 2.71 bits per heavy atom. The van der Waals surface area contributed by atoms with Crippen LogP contribution >= 0.6 is 11.6 Å². The largest absolute Gasteiger partial charge is 0.489 e. The van der Waals surface area contributed by atoms with E-state index in [2.05, 4.69) is 10.3 Å². The molecule has 1 aromatic heterocycles. The Labute approximate surface area is 250 Å². The molecule has 3 aliphatic carbocycles. The number of hydrogen-bond donors (Lipinski definition) is 1. The third kappa shape index (κ3) is 4.48. The summed E-state index contributed by atoms with van der Waals surface area (Å²) in [4.78, 5) is 43.9. The quantitative estimate of drug-likeness (QED) is 0.540. The minimum absolute atomic E-state index is 0.0823. The average molecular weight is 596 g/mol. The maximum absolute atomic E-state index is 14.4. The van der Waals surface area contributed by atoms with Crippen molar-refractivity contribution in [3.8, 4) is 5.75 Å². The van der Waals surface area contributed by atoms with Gasteiger partial charge in [0.1, 0.15) is 11.9 Å². The van der Waals surface area contributed by atoms with Crippen molar-refractivity contribution in [3.63, 3.8) is 0 Å². The van der Waals surface area contributed by atoms with Crippen molar-refractivity contribution in [1.29, 1.82) is 0 Å². The van der Waals surface area contributed by atoms with Crippen LogP contribution in [0.3, 0.4) is 0 Å². The van der Waals surface area contributed by atoms with Gasteiger partial charge < -0.3 is 19.6 Å². The van der Waals surface area contributed by atoms with Gasteiger partial charge in [0.25, 0.3) is 0 Å². The molecule has 2 aliphatic heterocycles. The molecule has 11 heteroatoms. The van der Waals surface area contributed by atoms with Crippen LogP contribution in [-0.4, -0.2) is 73.4 Å². The maximum atomic E-state index is 14.4. The van der Waals surface area contributed by atoms with Gasteiger partial charge in [-0.25, -0.2) is 0 Å². The first-order valence-electron chi connectivity index (χ1n) is 15.3. The summed E-state index contributed by atoms with van der Waals surface area (Å²) in [5.74, 6) is -0.897. The van der Waals surface area contributed by atoms with Crippen LogP contribution in [0.4, 0.5) is 0 Å². The molecule has 2 aromatic rings. The first-order chi connectivity index (χ1) is 20.1. The monoisotopic (exact) mass is 595 g/mol. The van der Waals surface area contributed by atoms with Crippen molar-refractivity contribution < 1.29 is 24.2 Å². The van der Waals surface area contributed by atoms with E-state index in [1.165, 1.54) is 0 Å². The standard InChI is InChI=1S/C31H38ClN5O5/c1-30(29(40)41)9-4-3-5-20(30)28(39)37-12-8-19-21(32)6-7-25(42-18-13-22-23(14-18)35(2)34-33-22)27(19)24(37)16-36-17-31(10-11-31)15-26(36)38/h6-7,18,20,24H,3-5,8-17H2,1-2H3,(H,40,41)/t18?,20-,24?,30-/m0/s1. The van der Waals surface area contributed by atoms with Crippen molar-refractivity contribution in [2.24, 2.45) is 23.8 Å². The first-order valence-corrected chi connectivity index (χ1v) is 15.6. The Kier molecular flexibility index (Phi) is 6.56. The molecular weight excluding hydrogens is 558 g/mol. The number of amides is 2. The first kappa shape index (κ1) is 27.7. The number of likely N-dealkylation sites (tertiary alicyclic amines) is 1. The van der Waals surface area contributed by atoms with Gasteiger partial charge in [-0.1, -0.05) is 29.7 Å². The minimum Gasteiger partial charge on any atom is -0.489 e. The number of aliphatic carboxylic acids is 1. The highest BCUT2D eigenvalue weighted by Gasteiger charge is 2.54. The highest BCUT2D eigenvalue weighted by atomic mass is 35.5. The number of carbonyl (C=O) groups is 3. The van der Waals surface area contributed by atoms with Crippen LogP contribution in [0.5, 0.6) is 5.75 Å². The van der Waals surface area contributed by atoms with Gasteiger partial charge in [0.2, 0.25) is 11.8 Å². The average Bonchev–Trinajstić information content (AvgIpc) is 3.28. The Morgan fingerprint density at radius 1 is 1.19 bits per heavy atom. The zero-order chi connectivity index (χ0) is 29.4. The van der Waals surface area contributed by atoms with Gasteiger partial charge in [-0.05, 0) is 62.1 Å². The lowest BCUT2D eigenvalue weighted by molar-refractivity contribution is -0.162. The molecule has 0 bridgehead atoms. The minimum atomic E-state index is -1.12. The number of carboxylic acids is 1. The third-order valence-corrected chi connectivity index (χ3v) is 11.1. The summed E-state index contributed by atoms with van der Waals surface area (Å²) in [5, 5.41) is 19.2. The van der Waals surface area contributed by atoms with Gasteiger partial charge in [0.15, 0.2) is 0 Å². The van der Waals surface area contributed by atoms with Crippen LogP contribution in [0, 0.1) is 16.7 Å². The van der Waals surface area contributed by atoms with Crippen LogP contribution < -0.4 is 4.74 Å². The molecule has 1 N–H and O–H groups in total. The fraction of sp³-hybridized carbons (Fsp3) is 0.645. The number of hydrogen-bond acceptors (Lipinski definition) is 6. The third-order valence-electron chi connectivity index (χ3n) is 10.8. The van der Waals surface area contributed by atoms with Gasteiger partial charge in [0.05, 0.1) is 28.8 Å². The molecule has 42 heavy (non-hydrogen) atoms. The molecule has 224 valence electrons. The molecule has 3 fully saturated rings. The summed E-state index contributed by atoms with van der Waals surface area (Å²) >= 11 is 6.80. The SMILES string of the molecule is Cn1nnc2c1CC(Oc1ccc(Cl)c3c1C(CN1CC4(CC4)CC1=O)N(C(=O)[C@@H]1CCCC[C@]1(C)C(=O)O)CC3)C2. The molecule has 0 radical (unpaired) electrons. The Morgan fingerprint density at radius 2 is 2.00 bits per heavy atom. The van der Waals surface area contributed by atoms with E-state index < -0.39 is 23.3 Å². The number of carbonyl (C=O) groups excluding carboxylic acids is 2. The van der Waals surface area contributed by atoms with Gasteiger partial charge in [-0.3, -0.25) is 19.1 Å². The van der Waals surface area contributed by atoms with E-state index in [0.29, 0.717) is 68.9 Å². The number of carboxylic acid groups (broad SMARTS) is 1. The van der Waals surface area contributed by atoms with E-state index in [-0.39, 0.29) is 23.3 Å². The topological polar surface area (TPSA) is 118 Å². The van der Waals surface area contributed by atoms with E-state index >= 15 is 0 Å². The molecule has 1 spiro atoms. The molecular formula is C31H38ClN5O5. The number of aromatic nitrogens is 3. The van der Waals surface area contributed by atoms with Gasteiger partial charge >= 0.3 is 5.97 Å². The molecule has 1 saturated heterocycles. The lowest BCUT2D eigenvalue weighted by atomic mass is 9.66. The zero-order valence-corrected chi connectivity index (χ0v) is 25.0. The summed E-state index contributed by atoms with van der Waals surface area (Å²) in [6, 6.07) is 3.26. The number of fused-ring (bicyclic) bond motifs is 2. The summed E-state index contributed by atoms with van der Waals surface area (Å²) in [7, 11) is 1.88. The zero-order valence-electron chi connectivity index (χ0n) is 24.3. The van der Waals surface area contributed by atoms with Crippen LogP contribution in [0.1, 0.15) is 80.4 Å². The van der Waals surface area contributed by atoms with Crippen LogP contribution in [0.2, 0.25) is 5.02 Å². The van der Waals surface area contributed by atoms with Gasteiger partial charge in [-0.2, -0.15) is 0 Å². The molecule has 4 atom stereocenters. The van der Waals surface area contributed by atoms with Gasteiger partial charge in [-0.15, -0.1) is 5.10 Å². The molecule has 2 unspecified atom stereocenters. The number of ether oxygens (including phenoxy) is 1. The Bertz CT molecular complexity index is 1470. The normalized spacial score (nSPS) is 29.5. The number of aryl methyl sites for hydroxylation is 1. The summed E-state index contributed by atoms with van der Waals surface area (Å²) in [6.07, 6.45) is 7.04. The number of halogens is 1. The molecule has 3 heterocycles. The highest BCUT2D eigenvalue weighted by molar-refractivity contribution is 6.31. The van der Waals surface area contributed by atoms with Crippen molar-refractivity contribution in [2.75, 3.05) is 19.6 Å². The second kappa shape index (κ2) is 9.96. The lowest BCUT2D eigenvalue weighted by Gasteiger charge is -2.45. The van der Waals surface area contributed by atoms with E-state index in [4.69, 9.17) is 16.3 Å². The van der Waals surface area contributed by atoms with Gasteiger partial charge in [0, 0.05) is 56.5 Å². The van der Waals surface area contributed by atoms with Crippen molar-refractivity contribution in [3.05, 3.63) is 39.7 Å². The Balaban J connectivity index is 1.26. The summed E-state index contributed by atoms with van der Waals surface area (Å²) in [5.41, 5.74) is 2.74. The van der Waals surface area contributed by atoms with E-state index in [0.717, 1.165) is 48.2 Å². The molecule has 2 amide bonds. The number of rotatable bonds is 6. The second-order valence-corrected chi connectivity index (χ2v) is 13.9. The van der Waals surface area contributed by atoms with Crippen LogP contribution in [0.15, 0.2) is 12.1 Å². The number of nitrogens with zero attached hydrogens (tertiary/aromatic N) is 5. The van der Waals surface area contributed by atoms with E-state index in [1.54, 1.807) is 11.6 Å². The van der Waals surface area contributed by atoms with Crippen LogP contribution in [0.25, 0.3) is 0 Å². The lowest BCUT2D eigenvalue weighted by Crippen LogP contribution is -2.52. The molecule has 10 nitrogen and oxygen atoms in total. The Hall–Kier alpha value is -3.14. The smallest absolute Gasteiger partial charge is 0.310 e. The summed E-state index contributed by atoms with van der Waals surface area (Å²) in [6.45, 7) is 3.19. The molecule has 2 saturated carbocycles. The predicted octanol–water partition coefficient (Wildman–Crippen LogP) is 3.73. The van der Waals surface area contributed by atoms with Crippen molar-refractivity contribution in [2.45, 2.75) is 83.3 Å². The van der Waals surface area contributed by atoms with Crippen molar-refractivity contribution in [1.82, 2.24) is 24.8 Å². The molecule has 5 aliphatic rings. The molecule has 7 rings (SSSR count).